The predicted molar refractivity (Wildman–Crippen MR) is 73.5 cm³/mol. The molecule has 102 valence electrons. The lowest BCUT2D eigenvalue weighted by Crippen LogP contribution is -2.26. The van der Waals surface area contributed by atoms with Crippen LogP contribution in [0.1, 0.15) is 45.8 Å². The highest BCUT2D eigenvalue weighted by Crippen LogP contribution is 2.22. The van der Waals surface area contributed by atoms with Crippen molar-refractivity contribution in [2.75, 3.05) is 0 Å². The van der Waals surface area contributed by atoms with Gasteiger partial charge >= 0.3 is 5.69 Å². The molecule has 19 heavy (non-hydrogen) atoms. The van der Waals surface area contributed by atoms with E-state index in [0.717, 1.165) is 12.0 Å². The third-order valence-electron chi connectivity index (χ3n) is 2.84. The minimum Gasteiger partial charge on any atom is -0.342 e. The molecule has 0 spiro atoms. The van der Waals surface area contributed by atoms with E-state index in [4.69, 9.17) is 0 Å². The van der Waals surface area contributed by atoms with Gasteiger partial charge in [-0.3, -0.25) is 9.78 Å². The molecule has 0 bridgehead atoms. The van der Waals surface area contributed by atoms with Gasteiger partial charge in [-0.15, -0.1) is 11.3 Å². The quantitative estimate of drug-likeness (QED) is 0.793. The summed E-state index contributed by atoms with van der Waals surface area (Å²) in [6.45, 7) is 5.84. The number of nitrogens with zero attached hydrogens (tertiary/aromatic N) is 1. The van der Waals surface area contributed by atoms with Gasteiger partial charge in [0.1, 0.15) is 0 Å². The van der Waals surface area contributed by atoms with Gasteiger partial charge < -0.3 is 5.32 Å². The molecule has 1 atom stereocenters. The van der Waals surface area contributed by atoms with Gasteiger partial charge in [-0.2, -0.15) is 5.10 Å². The summed E-state index contributed by atoms with van der Waals surface area (Å²) in [6, 6.07) is 1.54. The average Bonchev–Trinajstić information content (AvgIpc) is 2.95. The first-order valence-corrected chi connectivity index (χ1v) is 6.87. The summed E-state index contributed by atoms with van der Waals surface area (Å²) in [4.78, 5) is 27.5. The summed E-state index contributed by atoms with van der Waals surface area (Å²) >= 11 is 1.50. The normalized spacial score (nSPS) is 12.4. The molecule has 3 N–H and O–H groups in total. The number of rotatable bonds is 4. The van der Waals surface area contributed by atoms with Crippen molar-refractivity contribution in [3.63, 3.8) is 0 Å². The molecular weight excluding hydrogens is 264 g/mol. The monoisotopic (exact) mass is 280 g/mol. The second kappa shape index (κ2) is 5.40. The predicted octanol–water partition coefficient (Wildman–Crippen LogP) is 1.52. The zero-order valence-corrected chi connectivity index (χ0v) is 11.9. The van der Waals surface area contributed by atoms with Crippen LogP contribution in [-0.4, -0.2) is 21.1 Å². The number of H-pyrrole nitrogens is 2. The molecule has 0 fully saturated rings. The minimum atomic E-state index is -0.378. The Morgan fingerprint density at radius 1 is 1.58 bits per heavy atom. The van der Waals surface area contributed by atoms with E-state index in [-0.39, 0.29) is 17.6 Å². The molecule has 2 aromatic rings. The van der Waals surface area contributed by atoms with E-state index >= 15 is 0 Å². The van der Waals surface area contributed by atoms with Crippen molar-refractivity contribution in [2.24, 2.45) is 0 Å². The average molecular weight is 280 g/mol. The van der Waals surface area contributed by atoms with Crippen LogP contribution in [0, 0.1) is 6.92 Å². The van der Waals surface area contributed by atoms with Crippen LogP contribution in [0.2, 0.25) is 0 Å². The van der Waals surface area contributed by atoms with Gasteiger partial charge in [-0.05, 0) is 31.9 Å². The van der Waals surface area contributed by atoms with Crippen LogP contribution in [-0.2, 0) is 6.42 Å². The maximum absolute atomic E-state index is 12.1. The fourth-order valence-corrected chi connectivity index (χ4v) is 2.82. The number of amides is 1. The van der Waals surface area contributed by atoms with Crippen molar-refractivity contribution < 1.29 is 4.79 Å². The first-order chi connectivity index (χ1) is 9.01. The number of aromatic nitrogens is 3. The van der Waals surface area contributed by atoms with Crippen molar-refractivity contribution in [1.82, 2.24) is 20.5 Å². The number of aromatic amines is 2. The Morgan fingerprint density at radius 2 is 2.32 bits per heavy atom. The number of hydrogen-bond donors (Lipinski definition) is 3. The molecule has 0 saturated heterocycles. The molecule has 0 saturated carbocycles. The molecule has 0 aliphatic rings. The second-order valence-corrected chi connectivity index (χ2v) is 5.47. The summed E-state index contributed by atoms with van der Waals surface area (Å²) in [5.74, 6) is 0.270. The molecule has 0 unspecified atom stereocenters. The van der Waals surface area contributed by atoms with E-state index in [1.807, 2.05) is 13.0 Å². The Balaban J connectivity index is 2.10. The molecule has 0 radical (unpaired) electrons. The van der Waals surface area contributed by atoms with Crippen LogP contribution in [0.15, 0.2) is 10.9 Å². The van der Waals surface area contributed by atoms with Crippen LogP contribution in [0.25, 0.3) is 0 Å². The van der Waals surface area contributed by atoms with E-state index in [0.29, 0.717) is 10.7 Å². The van der Waals surface area contributed by atoms with Crippen LogP contribution in [0.5, 0.6) is 0 Å². The standard InChI is InChI=1S/C12H16N4O2S/c1-4-8-6(2)5-9(19-8)11(17)13-7(3)10-14-12(18)16-15-10/h5,7H,4H2,1-3H3,(H,13,17)(H2,14,15,16,18)/t7-/m1/s1. The number of thiophene rings is 1. The molecule has 6 nitrogen and oxygen atoms in total. The first kappa shape index (κ1) is 13.5. The fourth-order valence-electron chi connectivity index (χ4n) is 1.81. The maximum atomic E-state index is 12.1. The van der Waals surface area contributed by atoms with E-state index < -0.39 is 0 Å². The van der Waals surface area contributed by atoms with Crippen molar-refractivity contribution in [3.05, 3.63) is 37.7 Å². The number of carbonyl (C=O) groups is 1. The first-order valence-electron chi connectivity index (χ1n) is 6.06. The van der Waals surface area contributed by atoms with Gasteiger partial charge in [0, 0.05) is 4.88 Å². The lowest BCUT2D eigenvalue weighted by atomic mass is 10.2. The van der Waals surface area contributed by atoms with E-state index in [1.165, 1.54) is 16.2 Å². The summed E-state index contributed by atoms with van der Waals surface area (Å²) < 4.78 is 0. The van der Waals surface area contributed by atoms with Gasteiger partial charge in [0.25, 0.3) is 5.91 Å². The van der Waals surface area contributed by atoms with Crippen molar-refractivity contribution in [2.45, 2.75) is 33.2 Å². The smallest absolute Gasteiger partial charge is 0.340 e. The van der Waals surface area contributed by atoms with Crippen LogP contribution in [0.3, 0.4) is 0 Å². The number of nitrogens with one attached hydrogen (secondary N) is 3. The molecule has 0 aromatic carbocycles. The topological polar surface area (TPSA) is 90.6 Å². The Hall–Kier alpha value is -1.89. The highest BCUT2D eigenvalue weighted by atomic mass is 32.1. The lowest BCUT2D eigenvalue weighted by molar-refractivity contribution is 0.0942. The Bertz CT molecular complexity index is 640. The molecule has 0 aliphatic heterocycles. The molecule has 2 rings (SSSR count). The zero-order chi connectivity index (χ0) is 14.0. The highest BCUT2D eigenvalue weighted by Gasteiger charge is 2.16. The lowest BCUT2D eigenvalue weighted by Gasteiger charge is -2.09. The number of aryl methyl sites for hydroxylation is 2. The Labute approximate surface area is 114 Å². The molecule has 0 aliphatic carbocycles. The van der Waals surface area contributed by atoms with E-state index in [1.54, 1.807) is 6.92 Å². The fraction of sp³-hybridized carbons (Fsp3) is 0.417. The van der Waals surface area contributed by atoms with Crippen molar-refractivity contribution in [1.29, 1.82) is 0 Å². The SMILES string of the molecule is CCc1sc(C(=O)N[C@H](C)c2n[nH]c(=O)[nH]2)cc1C. The molecule has 2 aromatic heterocycles. The summed E-state index contributed by atoms with van der Waals surface area (Å²) in [6.07, 6.45) is 0.923. The third-order valence-corrected chi connectivity index (χ3v) is 4.22. The second-order valence-electron chi connectivity index (χ2n) is 4.33. The summed E-state index contributed by atoms with van der Waals surface area (Å²) in [5, 5.41) is 8.88. The third kappa shape index (κ3) is 2.93. The van der Waals surface area contributed by atoms with Crippen LogP contribution in [0.4, 0.5) is 0 Å². The van der Waals surface area contributed by atoms with E-state index in [2.05, 4.69) is 27.4 Å². The molecular formula is C12H16N4O2S. The van der Waals surface area contributed by atoms with Gasteiger partial charge in [-0.1, -0.05) is 6.92 Å². The molecule has 2 heterocycles. The number of hydrogen-bond acceptors (Lipinski definition) is 4. The van der Waals surface area contributed by atoms with E-state index in [9.17, 15) is 9.59 Å². The molecule has 7 heteroatoms. The van der Waals surface area contributed by atoms with Gasteiger partial charge in [0.2, 0.25) is 0 Å². The van der Waals surface area contributed by atoms with Gasteiger partial charge in [0.15, 0.2) is 5.82 Å². The summed E-state index contributed by atoms with van der Waals surface area (Å²) in [7, 11) is 0. The highest BCUT2D eigenvalue weighted by molar-refractivity contribution is 7.14. The van der Waals surface area contributed by atoms with Gasteiger partial charge in [0.05, 0.1) is 10.9 Å². The minimum absolute atomic E-state index is 0.149. The van der Waals surface area contributed by atoms with Gasteiger partial charge in [-0.25, -0.2) is 9.89 Å². The largest absolute Gasteiger partial charge is 0.342 e. The Morgan fingerprint density at radius 3 is 2.84 bits per heavy atom. The molecule has 1 amide bonds. The Kier molecular flexibility index (Phi) is 3.84. The van der Waals surface area contributed by atoms with Crippen LogP contribution < -0.4 is 11.0 Å². The summed E-state index contributed by atoms with van der Waals surface area (Å²) in [5.41, 5.74) is 0.759. The zero-order valence-electron chi connectivity index (χ0n) is 11.0. The van der Waals surface area contributed by atoms with Crippen molar-refractivity contribution >= 4 is 17.2 Å². The van der Waals surface area contributed by atoms with Crippen molar-refractivity contribution in [3.8, 4) is 0 Å². The van der Waals surface area contributed by atoms with Crippen LogP contribution >= 0.6 is 11.3 Å². The maximum Gasteiger partial charge on any atom is 0.340 e. The number of carbonyl (C=O) groups excluding carboxylic acids is 1.